The Morgan fingerprint density at radius 1 is 0.433 bits per heavy atom. The van der Waals surface area contributed by atoms with Crippen molar-refractivity contribution in [1.82, 2.24) is 0 Å². The molecule has 4 unspecified atom stereocenters. The van der Waals surface area contributed by atoms with Gasteiger partial charge >= 0.3 is 0 Å². The predicted octanol–water partition coefficient (Wildman–Crippen LogP) is 10.0. The van der Waals surface area contributed by atoms with Gasteiger partial charge in [-0.2, -0.15) is 0 Å². The zero-order valence-electron chi connectivity index (χ0n) is 19.2. The zero-order chi connectivity index (χ0) is 21.6. The van der Waals surface area contributed by atoms with Crippen molar-refractivity contribution in [3.63, 3.8) is 0 Å². The van der Waals surface area contributed by atoms with Crippen molar-refractivity contribution in [2.24, 2.45) is 0 Å². The molecule has 0 bridgehead atoms. The lowest BCUT2D eigenvalue weighted by Crippen LogP contribution is -2.08. The average Bonchev–Trinajstić information content (AvgIpc) is 3.33. The van der Waals surface area contributed by atoms with Crippen LogP contribution in [0.2, 0.25) is 0 Å². The Morgan fingerprint density at radius 3 is 0.867 bits per heavy atom. The van der Waals surface area contributed by atoms with Gasteiger partial charge in [-0.25, -0.2) is 0 Å². The second-order valence-electron chi connectivity index (χ2n) is 7.65. The van der Waals surface area contributed by atoms with Gasteiger partial charge in [0, 0.05) is 0 Å². The highest BCUT2D eigenvalue weighted by molar-refractivity contribution is 8.37. The van der Waals surface area contributed by atoms with E-state index < -0.39 is 0 Å². The van der Waals surface area contributed by atoms with E-state index in [1.807, 2.05) is 0 Å². The third-order valence-corrected chi connectivity index (χ3v) is 20.1. The maximum atomic E-state index is 2.33. The van der Waals surface area contributed by atoms with Crippen LogP contribution in [0.4, 0.5) is 0 Å². The summed E-state index contributed by atoms with van der Waals surface area (Å²) in [4.78, 5) is 0. The lowest BCUT2D eigenvalue weighted by atomic mass is 10.4. The van der Waals surface area contributed by atoms with E-state index in [1.165, 1.54) is 74.4 Å². The van der Waals surface area contributed by atoms with Crippen LogP contribution in [0.25, 0.3) is 0 Å². The molecule has 2 aliphatic heterocycles. The number of thioether (sulfide) groups is 8. The molecule has 0 saturated carbocycles. The van der Waals surface area contributed by atoms with E-state index in [0.29, 0.717) is 0 Å². The molecule has 4 atom stereocenters. The number of hydrogen-bond acceptors (Lipinski definition) is 8. The van der Waals surface area contributed by atoms with Gasteiger partial charge in [0.05, 0.1) is 27.5 Å². The molecule has 2 fully saturated rings. The van der Waals surface area contributed by atoms with Crippen molar-refractivity contribution >= 4 is 94.1 Å². The van der Waals surface area contributed by atoms with Crippen molar-refractivity contribution < 1.29 is 0 Å². The van der Waals surface area contributed by atoms with Crippen LogP contribution in [-0.2, 0) is 0 Å². The molecule has 0 aliphatic carbocycles. The quantitative estimate of drug-likeness (QED) is 0.158. The Labute approximate surface area is 221 Å². The van der Waals surface area contributed by atoms with Gasteiger partial charge < -0.3 is 0 Å². The van der Waals surface area contributed by atoms with E-state index in [0.717, 1.165) is 27.5 Å². The van der Waals surface area contributed by atoms with Gasteiger partial charge in [0.15, 0.2) is 0 Å². The Hall–Kier alpha value is 2.80. The fourth-order valence-electron chi connectivity index (χ4n) is 2.95. The molecular formula is C22H42S8. The van der Waals surface area contributed by atoms with Crippen LogP contribution in [-0.4, -0.2) is 50.5 Å². The third kappa shape index (κ3) is 10.6. The topological polar surface area (TPSA) is 0 Å². The Bertz CT molecular complexity index is 350. The molecule has 2 heterocycles. The van der Waals surface area contributed by atoms with Crippen molar-refractivity contribution in [1.29, 1.82) is 0 Å². The van der Waals surface area contributed by atoms with Crippen molar-refractivity contribution in [2.45, 2.75) is 107 Å². The van der Waals surface area contributed by atoms with Gasteiger partial charge in [-0.1, -0.05) is 53.4 Å². The number of unbranched alkanes of at least 4 members (excludes halogenated alkanes) is 4. The SMILES string of the molecule is CCCCSC1SC(C2SC(SCCCC)C(SCCCC)S2)SC1SCCCC. The Balaban J connectivity index is 1.91. The van der Waals surface area contributed by atoms with Gasteiger partial charge in [0.2, 0.25) is 0 Å². The lowest BCUT2D eigenvalue weighted by Gasteiger charge is -2.16. The minimum Gasteiger partial charge on any atom is -0.146 e. The molecule has 0 nitrogen and oxygen atoms in total. The Kier molecular flexibility index (Phi) is 17.5. The first-order valence-corrected chi connectivity index (χ1v) is 19.8. The first-order valence-electron chi connectivity index (χ1n) is 11.8. The summed E-state index contributed by atoms with van der Waals surface area (Å²) in [5.74, 6) is 5.40. The monoisotopic (exact) mass is 562 g/mol. The van der Waals surface area contributed by atoms with E-state index in [4.69, 9.17) is 0 Å². The first kappa shape index (κ1) is 29.0. The van der Waals surface area contributed by atoms with E-state index in [2.05, 4.69) is 122 Å². The summed E-state index contributed by atoms with van der Waals surface area (Å²) in [5, 5.41) is 0. The molecule has 2 saturated heterocycles. The van der Waals surface area contributed by atoms with Crippen LogP contribution in [0.3, 0.4) is 0 Å². The van der Waals surface area contributed by atoms with Gasteiger partial charge in [-0.05, 0) is 48.7 Å². The van der Waals surface area contributed by atoms with Crippen LogP contribution in [0.1, 0.15) is 79.1 Å². The number of rotatable bonds is 17. The van der Waals surface area contributed by atoms with E-state index in [-0.39, 0.29) is 0 Å². The van der Waals surface area contributed by atoms with Gasteiger partial charge in [0.1, 0.15) is 0 Å². The van der Waals surface area contributed by atoms with Crippen LogP contribution in [0.5, 0.6) is 0 Å². The second kappa shape index (κ2) is 18.1. The summed E-state index contributed by atoms with van der Waals surface area (Å²) in [5.41, 5.74) is 0. The summed E-state index contributed by atoms with van der Waals surface area (Å²) < 4.78 is 4.76. The molecule has 2 aliphatic rings. The maximum Gasteiger partial charge on any atom is 0.0736 e. The molecule has 0 spiro atoms. The van der Waals surface area contributed by atoms with Gasteiger partial charge in [-0.3, -0.25) is 0 Å². The van der Waals surface area contributed by atoms with E-state index in [1.54, 1.807) is 0 Å². The van der Waals surface area contributed by atoms with Crippen LogP contribution < -0.4 is 0 Å². The van der Waals surface area contributed by atoms with E-state index in [9.17, 15) is 0 Å². The highest BCUT2D eigenvalue weighted by Crippen LogP contribution is 2.62. The second-order valence-corrected chi connectivity index (χ2v) is 19.6. The molecule has 0 N–H and O–H groups in total. The average molecular weight is 563 g/mol. The van der Waals surface area contributed by atoms with Crippen molar-refractivity contribution in [3.8, 4) is 0 Å². The summed E-state index contributed by atoms with van der Waals surface area (Å²) in [6, 6.07) is 0. The van der Waals surface area contributed by atoms with Gasteiger partial charge in [-0.15, -0.1) is 94.1 Å². The summed E-state index contributed by atoms with van der Waals surface area (Å²) in [7, 11) is 0. The van der Waals surface area contributed by atoms with Crippen molar-refractivity contribution in [3.05, 3.63) is 0 Å². The van der Waals surface area contributed by atoms with Gasteiger partial charge in [0.25, 0.3) is 0 Å². The standard InChI is InChI=1S/C22H42S8/c1-5-9-13-23-17-18(24-14-10-6-2)28-21(27-17)22-29-19(25-15-11-7-3)20(30-22)26-16-12-8-4/h17-22H,5-16H2,1-4H3. The summed E-state index contributed by atoms with van der Waals surface area (Å²) >= 11 is 18.4. The number of hydrogen-bond donors (Lipinski definition) is 0. The highest BCUT2D eigenvalue weighted by Gasteiger charge is 2.46. The summed E-state index contributed by atoms with van der Waals surface area (Å²) in [6.07, 6.45) is 10.8. The lowest BCUT2D eigenvalue weighted by molar-refractivity contribution is 0.894. The molecule has 178 valence electrons. The van der Waals surface area contributed by atoms with Crippen LogP contribution >= 0.6 is 94.1 Å². The molecule has 2 rings (SSSR count). The fourth-order valence-corrected chi connectivity index (χ4v) is 20.0. The maximum absolute atomic E-state index is 2.33. The molecule has 0 aromatic carbocycles. The van der Waals surface area contributed by atoms with E-state index >= 15 is 0 Å². The molecule has 30 heavy (non-hydrogen) atoms. The van der Waals surface area contributed by atoms with Crippen LogP contribution in [0, 0.1) is 0 Å². The predicted molar refractivity (Wildman–Crippen MR) is 163 cm³/mol. The smallest absolute Gasteiger partial charge is 0.0736 e. The zero-order valence-corrected chi connectivity index (χ0v) is 25.7. The molecule has 0 aromatic heterocycles. The largest absolute Gasteiger partial charge is 0.146 e. The minimum atomic E-state index is 0.782. The normalized spacial score (nSPS) is 31.6. The highest BCUT2D eigenvalue weighted by atomic mass is 32.3. The molecule has 0 aromatic rings. The van der Waals surface area contributed by atoms with Crippen LogP contribution in [0.15, 0.2) is 0 Å². The third-order valence-electron chi connectivity index (χ3n) is 4.86. The molecule has 0 radical (unpaired) electrons. The molecule has 0 amide bonds. The van der Waals surface area contributed by atoms with Crippen molar-refractivity contribution in [2.75, 3.05) is 23.0 Å². The minimum absolute atomic E-state index is 0.782. The molecular weight excluding hydrogens is 521 g/mol. The fraction of sp³-hybridized carbons (Fsp3) is 1.00. The first-order chi connectivity index (χ1) is 14.7. The Morgan fingerprint density at radius 2 is 0.667 bits per heavy atom. The summed E-state index contributed by atoms with van der Waals surface area (Å²) in [6.45, 7) is 9.30. The molecule has 8 heteroatoms.